The van der Waals surface area contributed by atoms with Gasteiger partial charge in [0.15, 0.2) is 0 Å². The van der Waals surface area contributed by atoms with Crippen molar-refractivity contribution in [3.8, 4) is 0 Å². The summed E-state index contributed by atoms with van der Waals surface area (Å²) in [7, 11) is 0. The summed E-state index contributed by atoms with van der Waals surface area (Å²) >= 11 is 0. The quantitative estimate of drug-likeness (QED) is 0.774. The molecule has 4 heteroatoms. The largest absolute Gasteiger partial charge is 0.509 e. The second-order valence-corrected chi connectivity index (χ2v) is 8.73. The molecule has 0 bridgehead atoms. The third-order valence-corrected chi connectivity index (χ3v) is 4.56. The van der Waals surface area contributed by atoms with Gasteiger partial charge in [0.25, 0.3) is 0 Å². The highest BCUT2D eigenvalue weighted by atomic mass is 16.5. The van der Waals surface area contributed by atoms with Crippen LogP contribution >= 0.6 is 0 Å². The van der Waals surface area contributed by atoms with Gasteiger partial charge in [0, 0.05) is 0 Å². The number of aliphatic imine (C=N–C) groups is 2. The van der Waals surface area contributed by atoms with Gasteiger partial charge in [0.05, 0.1) is 12.1 Å². The summed E-state index contributed by atoms with van der Waals surface area (Å²) in [5.41, 5.74) is 1.92. The molecule has 2 aliphatic rings. The minimum atomic E-state index is 0.0952. The molecule has 0 saturated heterocycles. The first-order valence-corrected chi connectivity index (χ1v) is 8.59. The zero-order valence-electron chi connectivity index (χ0n) is 15.5. The van der Waals surface area contributed by atoms with E-state index < -0.39 is 0 Å². The number of benzene rings is 1. The maximum atomic E-state index is 5.81. The van der Waals surface area contributed by atoms with E-state index in [9.17, 15) is 0 Å². The second kappa shape index (κ2) is 5.91. The normalized spacial score (nSPS) is 24.2. The fourth-order valence-corrected chi connectivity index (χ4v) is 2.65. The number of rotatable bonds is 2. The fourth-order valence-electron chi connectivity index (χ4n) is 2.65. The van der Waals surface area contributed by atoms with E-state index in [0.717, 1.165) is 11.1 Å². The predicted molar refractivity (Wildman–Crippen MR) is 96.7 cm³/mol. The van der Waals surface area contributed by atoms with Gasteiger partial charge in [-0.25, -0.2) is 0 Å². The standard InChI is InChI=1S/C20H27N2O2/c1-19(2,3)15-11-23-17(21-15)13-8-7-9-14(10-13)18-22-16(12-24-18)20(4,5)6/h7-9,15-16H,11-12H2,1-6H3/q-1/t15-,16-/m1/s1. The lowest BCUT2D eigenvalue weighted by Crippen LogP contribution is -2.25. The average molecular weight is 327 g/mol. The van der Waals surface area contributed by atoms with Gasteiger partial charge in [-0.2, -0.15) is 0 Å². The Balaban J connectivity index is 1.84. The zero-order chi connectivity index (χ0) is 17.5. The average Bonchev–Trinajstić information content (AvgIpc) is 3.16. The molecule has 3 rings (SSSR count). The molecule has 0 fully saturated rings. The van der Waals surface area contributed by atoms with E-state index in [1.807, 2.05) is 18.2 Å². The van der Waals surface area contributed by atoms with Crippen LogP contribution in [0.25, 0.3) is 0 Å². The summed E-state index contributed by atoms with van der Waals surface area (Å²) in [4.78, 5) is 9.47. The maximum absolute atomic E-state index is 5.81. The van der Waals surface area contributed by atoms with Gasteiger partial charge < -0.3 is 9.47 Å². The van der Waals surface area contributed by atoms with Gasteiger partial charge in [-0.05, 0) is 10.8 Å². The molecule has 0 N–H and O–H groups in total. The Labute approximate surface area is 145 Å². The summed E-state index contributed by atoms with van der Waals surface area (Å²) in [5.74, 6) is 1.34. The van der Waals surface area contributed by atoms with Crippen LogP contribution in [0, 0.1) is 16.9 Å². The molecule has 130 valence electrons. The van der Waals surface area contributed by atoms with Crippen molar-refractivity contribution in [3.05, 3.63) is 35.4 Å². The molecule has 0 spiro atoms. The molecule has 0 saturated carbocycles. The molecule has 4 nitrogen and oxygen atoms in total. The Morgan fingerprint density at radius 1 is 0.833 bits per heavy atom. The van der Waals surface area contributed by atoms with Crippen molar-refractivity contribution in [2.24, 2.45) is 20.8 Å². The lowest BCUT2D eigenvalue weighted by atomic mass is 9.88. The molecule has 0 radical (unpaired) electrons. The molecule has 0 aliphatic carbocycles. The Morgan fingerprint density at radius 2 is 1.25 bits per heavy atom. The second-order valence-electron chi connectivity index (χ2n) is 8.73. The van der Waals surface area contributed by atoms with E-state index in [-0.39, 0.29) is 22.9 Å². The van der Waals surface area contributed by atoms with Gasteiger partial charge in [-0.15, -0.1) is 24.3 Å². The minimum absolute atomic E-state index is 0.0952. The number of hydrogen-bond donors (Lipinski definition) is 0. The fraction of sp³-hybridized carbons (Fsp3) is 0.600. The monoisotopic (exact) mass is 327 g/mol. The SMILES string of the molecule is CC(C)(C)[C@H]1COC(c2[c-]c(C3=N[C@@H](C(C)(C)C)CO3)ccc2)=N1. The van der Waals surface area contributed by atoms with E-state index in [1.54, 1.807) is 0 Å². The summed E-state index contributed by atoms with van der Waals surface area (Å²) in [6.45, 7) is 14.3. The van der Waals surface area contributed by atoms with Crippen molar-refractivity contribution in [3.63, 3.8) is 0 Å². The predicted octanol–water partition coefficient (Wildman–Crippen LogP) is 3.87. The zero-order valence-corrected chi connectivity index (χ0v) is 15.5. The van der Waals surface area contributed by atoms with E-state index in [1.165, 1.54) is 0 Å². The highest BCUT2D eigenvalue weighted by molar-refractivity contribution is 6.00. The molecule has 1 aromatic carbocycles. The van der Waals surface area contributed by atoms with Gasteiger partial charge in [0.2, 0.25) is 0 Å². The van der Waals surface area contributed by atoms with Crippen LogP contribution in [0.4, 0.5) is 0 Å². The molecular formula is C20H27N2O2-. The first-order valence-electron chi connectivity index (χ1n) is 8.59. The van der Waals surface area contributed by atoms with E-state index in [2.05, 4.69) is 47.6 Å². The minimum Gasteiger partial charge on any atom is -0.509 e. The van der Waals surface area contributed by atoms with Crippen molar-refractivity contribution < 1.29 is 9.47 Å². The van der Waals surface area contributed by atoms with Crippen LogP contribution in [0.1, 0.15) is 52.7 Å². The molecule has 24 heavy (non-hydrogen) atoms. The van der Waals surface area contributed by atoms with Crippen LogP contribution < -0.4 is 0 Å². The van der Waals surface area contributed by atoms with Gasteiger partial charge in [-0.3, -0.25) is 9.98 Å². The molecule has 1 aromatic rings. The molecule has 2 aliphatic heterocycles. The highest BCUT2D eigenvalue weighted by Gasteiger charge is 2.30. The third kappa shape index (κ3) is 3.47. The summed E-state index contributed by atoms with van der Waals surface area (Å²) in [5, 5.41) is 0. The third-order valence-electron chi connectivity index (χ3n) is 4.56. The summed E-state index contributed by atoms with van der Waals surface area (Å²) in [6, 6.07) is 9.64. The smallest absolute Gasteiger partial charge is 0.148 e. The van der Waals surface area contributed by atoms with E-state index >= 15 is 0 Å². The topological polar surface area (TPSA) is 43.2 Å². The van der Waals surface area contributed by atoms with Crippen molar-refractivity contribution in [2.45, 2.75) is 53.6 Å². The van der Waals surface area contributed by atoms with Crippen molar-refractivity contribution >= 4 is 11.8 Å². The van der Waals surface area contributed by atoms with Crippen LogP contribution in [0.3, 0.4) is 0 Å². The first-order chi connectivity index (χ1) is 11.1. The van der Waals surface area contributed by atoms with Crippen LogP contribution in [0.15, 0.2) is 28.2 Å². The Morgan fingerprint density at radius 3 is 1.58 bits per heavy atom. The van der Waals surface area contributed by atoms with Crippen LogP contribution in [0.5, 0.6) is 0 Å². The van der Waals surface area contributed by atoms with Crippen LogP contribution in [-0.2, 0) is 9.47 Å². The molecule has 0 unspecified atom stereocenters. The van der Waals surface area contributed by atoms with Crippen molar-refractivity contribution in [2.75, 3.05) is 13.2 Å². The lowest BCUT2D eigenvalue weighted by Gasteiger charge is -2.22. The highest BCUT2D eigenvalue weighted by Crippen LogP contribution is 2.29. The van der Waals surface area contributed by atoms with Crippen molar-refractivity contribution in [1.82, 2.24) is 0 Å². The van der Waals surface area contributed by atoms with Gasteiger partial charge in [0.1, 0.15) is 25.0 Å². The summed E-state index contributed by atoms with van der Waals surface area (Å²) in [6.07, 6.45) is 0. The first kappa shape index (κ1) is 17.0. The molecule has 0 aromatic heterocycles. The van der Waals surface area contributed by atoms with E-state index in [4.69, 9.17) is 19.5 Å². The number of nitrogens with zero attached hydrogens (tertiary/aromatic N) is 2. The van der Waals surface area contributed by atoms with Gasteiger partial charge >= 0.3 is 0 Å². The number of hydrogen-bond acceptors (Lipinski definition) is 4. The van der Waals surface area contributed by atoms with Crippen LogP contribution in [-0.4, -0.2) is 37.1 Å². The Bertz CT molecular complexity index is 622. The van der Waals surface area contributed by atoms with Crippen LogP contribution in [0.2, 0.25) is 0 Å². The Kier molecular flexibility index (Phi) is 4.18. The molecular weight excluding hydrogens is 300 g/mol. The molecule has 2 atom stereocenters. The van der Waals surface area contributed by atoms with Gasteiger partial charge in [-0.1, -0.05) is 52.7 Å². The Hall–Kier alpha value is -1.84. The molecule has 0 amide bonds. The van der Waals surface area contributed by atoms with Crippen molar-refractivity contribution in [1.29, 1.82) is 0 Å². The molecule has 2 heterocycles. The lowest BCUT2D eigenvalue weighted by molar-refractivity contribution is 0.235. The van der Waals surface area contributed by atoms with E-state index in [0.29, 0.717) is 25.0 Å². The summed E-state index contributed by atoms with van der Waals surface area (Å²) < 4.78 is 11.6. The number of ether oxygens (including phenoxy) is 2. The maximum Gasteiger partial charge on any atom is 0.148 e.